The first-order valence-electron chi connectivity index (χ1n) is 10.2. The highest BCUT2D eigenvalue weighted by Crippen LogP contribution is 2.29. The van der Waals surface area contributed by atoms with Crippen molar-refractivity contribution in [2.24, 2.45) is 0 Å². The maximum absolute atomic E-state index is 12.5. The SMILES string of the molecule is O=C(O)Cn1nnnc1SC1CCN(C(=O)Oc2ccc(Cc3ccccn3)cc2)CC1. The van der Waals surface area contributed by atoms with Crippen LogP contribution in [-0.4, -0.2) is 65.6 Å². The number of ether oxygens (including phenoxy) is 1. The lowest BCUT2D eigenvalue weighted by Crippen LogP contribution is -2.41. The molecule has 1 aliphatic heterocycles. The average Bonchev–Trinajstić information content (AvgIpc) is 3.22. The summed E-state index contributed by atoms with van der Waals surface area (Å²) in [7, 11) is 0. The zero-order valence-electron chi connectivity index (χ0n) is 17.2. The van der Waals surface area contributed by atoms with E-state index in [0.29, 0.717) is 24.0 Å². The van der Waals surface area contributed by atoms with Gasteiger partial charge in [0.1, 0.15) is 12.3 Å². The van der Waals surface area contributed by atoms with Crippen molar-refractivity contribution in [3.8, 4) is 5.75 Å². The molecule has 0 aliphatic carbocycles. The summed E-state index contributed by atoms with van der Waals surface area (Å²) in [5.74, 6) is -0.495. The van der Waals surface area contributed by atoms with Gasteiger partial charge in [-0.05, 0) is 53.1 Å². The molecule has 1 amide bonds. The van der Waals surface area contributed by atoms with Crippen LogP contribution in [-0.2, 0) is 17.8 Å². The highest BCUT2D eigenvalue weighted by atomic mass is 32.2. The Morgan fingerprint density at radius 1 is 1.12 bits per heavy atom. The molecule has 1 saturated heterocycles. The average molecular weight is 455 g/mol. The Bertz CT molecular complexity index is 1050. The third-order valence-electron chi connectivity index (χ3n) is 5.00. The molecule has 1 aromatic carbocycles. The number of carbonyl (C=O) groups is 2. The van der Waals surface area contributed by atoms with E-state index in [1.165, 1.54) is 16.4 Å². The van der Waals surface area contributed by atoms with Gasteiger partial charge in [0.2, 0.25) is 5.16 Å². The Balaban J connectivity index is 1.25. The molecule has 4 rings (SSSR count). The number of likely N-dealkylation sites (tertiary alicyclic amines) is 1. The van der Waals surface area contributed by atoms with Crippen LogP contribution in [0.3, 0.4) is 0 Å². The van der Waals surface area contributed by atoms with Gasteiger partial charge in [0.15, 0.2) is 0 Å². The maximum atomic E-state index is 12.5. The number of nitrogens with zero attached hydrogens (tertiary/aromatic N) is 6. The molecule has 1 fully saturated rings. The summed E-state index contributed by atoms with van der Waals surface area (Å²) in [6.45, 7) is 0.824. The number of aromatic nitrogens is 5. The van der Waals surface area contributed by atoms with Crippen molar-refractivity contribution in [3.05, 3.63) is 59.9 Å². The summed E-state index contributed by atoms with van der Waals surface area (Å²) in [4.78, 5) is 29.4. The highest BCUT2D eigenvalue weighted by molar-refractivity contribution is 7.99. The van der Waals surface area contributed by atoms with Gasteiger partial charge in [-0.3, -0.25) is 9.78 Å². The van der Waals surface area contributed by atoms with Crippen molar-refractivity contribution < 1.29 is 19.4 Å². The number of hydrogen-bond acceptors (Lipinski definition) is 8. The second-order valence-corrected chi connectivity index (χ2v) is 8.59. The van der Waals surface area contributed by atoms with Crippen molar-refractivity contribution in [1.29, 1.82) is 0 Å². The summed E-state index contributed by atoms with van der Waals surface area (Å²) in [6, 6.07) is 13.3. The Morgan fingerprint density at radius 3 is 2.59 bits per heavy atom. The second-order valence-electron chi connectivity index (χ2n) is 7.33. The van der Waals surface area contributed by atoms with Gasteiger partial charge in [-0.1, -0.05) is 30.0 Å². The van der Waals surface area contributed by atoms with Crippen LogP contribution >= 0.6 is 11.8 Å². The summed E-state index contributed by atoms with van der Waals surface area (Å²) in [5, 5.41) is 20.8. The lowest BCUT2D eigenvalue weighted by molar-refractivity contribution is -0.138. The molecule has 3 heterocycles. The summed E-state index contributed by atoms with van der Waals surface area (Å²) >= 11 is 1.44. The van der Waals surface area contributed by atoms with E-state index in [4.69, 9.17) is 9.84 Å². The van der Waals surface area contributed by atoms with Crippen molar-refractivity contribution in [3.63, 3.8) is 0 Å². The molecule has 0 bridgehead atoms. The second kappa shape index (κ2) is 10.2. The largest absolute Gasteiger partial charge is 0.480 e. The Hall–Kier alpha value is -3.47. The fraction of sp³-hybridized carbons (Fsp3) is 0.333. The number of carboxylic acid groups (broad SMARTS) is 1. The van der Waals surface area contributed by atoms with E-state index in [1.807, 2.05) is 30.3 Å². The van der Waals surface area contributed by atoms with Gasteiger partial charge in [-0.25, -0.2) is 9.48 Å². The van der Waals surface area contributed by atoms with Crippen LogP contribution in [0, 0.1) is 0 Å². The third-order valence-corrected chi connectivity index (χ3v) is 6.30. The number of thioether (sulfide) groups is 1. The highest BCUT2D eigenvalue weighted by Gasteiger charge is 2.26. The lowest BCUT2D eigenvalue weighted by atomic mass is 10.1. The number of carbonyl (C=O) groups excluding carboxylic acids is 1. The molecular weight excluding hydrogens is 432 g/mol. The topological polar surface area (TPSA) is 123 Å². The van der Waals surface area contributed by atoms with E-state index in [2.05, 4.69) is 20.5 Å². The lowest BCUT2D eigenvalue weighted by Gasteiger charge is -2.30. The number of pyridine rings is 1. The molecule has 0 spiro atoms. The first kappa shape index (κ1) is 21.8. The molecule has 0 atom stereocenters. The molecule has 0 saturated carbocycles. The normalized spacial score (nSPS) is 14.3. The van der Waals surface area contributed by atoms with Gasteiger partial charge in [0.05, 0.1) is 0 Å². The van der Waals surface area contributed by atoms with Crippen LogP contribution in [0.15, 0.2) is 53.8 Å². The minimum Gasteiger partial charge on any atom is -0.480 e. The predicted octanol–water partition coefficient (Wildman–Crippen LogP) is 2.50. The first-order chi connectivity index (χ1) is 15.6. The van der Waals surface area contributed by atoms with Crippen LogP contribution < -0.4 is 4.74 Å². The third kappa shape index (κ3) is 5.82. The van der Waals surface area contributed by atoms with Crippen molar-refractivity contribution in [2.75, 3.05) is 13.1 Å². The Labute approximate surface area is 188 Å². The Kier molecular flexibility index (Phi) is 6.95. The molecule has 10 nitrogen and oxygen atoms in total. The van der Waals surface area contributed by atoms with E-state index < -0.39 is 5.97 Å². The van der Waals surface area contributed by atoms with Crippen LogP contribution in [0.1, 0.15) is 24.1 Å². The minimum atomic E-state index is -0.999. The molecule has 2 aromatic heterocycles. The minimum absolute atomic E-state index is 0.198. The molecule has 0 unspecified atom stereocenters. The zero-order chi connectivity index (χ0) is 22.3. The van der Waals surface area contributed by atoms with Gasteiger partial charge in [-0.15, -0.1) is 5.10 Å². The zero-order valence-corrected chi connectivity index (χ0v) is 18.0. The molecule has 1 aliphatic rings. The van der Waals surface area contributed by atoms with Crippen LogP contribution in [0.4, 0.5) is 4.79 Å². The summed E-state index contributed by atoms with van der Waals surface area (Å²) < 4.78 is 6.79. The van der Waals surface area contributed by atoms with Crippen LogP contribution in [0.5, 0.6) is 5.75 Å². The summed E-state index contributed by atoms with van der Waals surface area (Å²) in [6.07, 6.45) is 3.59. The van der Waals surface area contributed by atoms with E-state index in [1.54, 1.807) is 23.2 Å². The van der Waals surface area contributed by atoms with Crippen LogP contribution in [0.25, 0.3) is 0 Å². The van der Waals surface area contributed by atoms with Gasteiger partial charge < -0.3 is 14.7 Å². The molecular formula is C21H22N6O4S. The molecule has 32 heavy (non-hydrogen) atoms. The quantitative estimate of drug-likeness (QED) is 0.573. The first-order valence-corrected chi connectivity index (χ1v) is 11.0. The van der Waals surface area contributed by atoms with Crippen LogP contribution in [0.2, 0.25) is 0 Å². The van der Waals surface area contributed by atoms with E-state index in [9.17, 15) is 9.59 Å². The molecule has 0 radical (unpaired) electrons. The van der Waals surface area contributed by atoms with Gasteiger partial charge in [-0.2, -0.15) is 0 Å². The number of piperidine rings is 1. The van der Waals surface area contributed by atoms with E-state index in [0.717, 1.165) is 30.5 Å². The van der Waals surface area contributed by atoms with E-state index >= 15 is 0 Å². The molecule has 1 N–H and O–H groups in total. The predicted molar refractivity (Wildman–Crippen MR) is 115 cm³/mol. The number of aliphatic carboxylic acids is 1. The standard InChI is InChI=1S/C21H22N6O4S/c28-19(29)14-27-20(23-24-25-27)32-18-8-11-26(12-9-18)21(30)31-17-6-4-15(5-7-17)13-16-3-1-2-10-22-16/h1-7,10,18H,8-9,11-14H2,(H,28,29). The number of tetrazole rings is 1. The Morgan fingerprint density at radius 2 is 1.91 bits per heavy atom. The van der Waals surface area contributed by atoms with Crippen molar-refractivity contribution >= 4 is 23.8 Å². The summed E-state index contributed by atoms with van der Waals surface area (Å²) in [5.41, 5.74) is 2.07. The fourth-order valence-corrected chi connectivity index (χ4v) is 4.42. The smallest absolute Gasteiger partial charge is 0.415 e. The van der Waals surface area contributed by atoms with Gasteiger partial charge in [0.25, 0.3) is 0 Å². The number of amides is 1. The maximum Gasteiger partial charge on any atom is 0.415 e. The number of benzene rings is 1. The van der Waals surface area contributed by atoms with Gasteiger partial charge in [0, 0.05) is 36.7 Å². The fourth-order valence-electron chi connectivity index (χ4n) is 3.37. The molecule has 11 heteroatoms. The van der Waals surface area contributed by atoms with Crippen molar-refractivity contribution in [1.82, 2.24) is 30.1 Å². The van der Waals surface area contributed by atoms with E-state index in [-0.39, 0.29) is 17.9 Å². The number of hydrogen-bond donors (Lipinski definition) is 1. The number of rotatable bonds is 7. The van der Waals surface area contributed by atoms with Gasteiger partial charge >= 0.3 is 12.1 Å². The monoisotopic (exact) mass is 454 g/mol. The molecule has 3 aromatic rings. The molecule has 166 valence electrons. The van der Waals surface area contributed by atoms with Crippen molar-refractivity contribution in [2.45, 2.75) is 36.2 Å². The number of carboxylic acids is 1.